The number of primary amides is 1. The molecule has 2 aliphatic rings. The first-order valence-corrected chi connectivity index (χ1v) is 8.32. The standard InChI is InChI=1S/C16H23N5O4/c1-15(2)13(11-7-6-10-25-11)20(23)16(21(15)24)9-5-3-4-8-12(16)18-19-14(17)22/h6-7,10,24H,3-5,8-9H2,1-2H3,(H3,17,19,22). The summed E-state index contributed by atoms with van der Waals surface area (Å²) in [5, 5.41) is 29.5. The normalized spacial score (nSPS) is 28.5. The largest absolute Gasteiger partial charge is 0.622 e. The fourth-order valence-corrected chi connectivity index (χ4v) is 3.80. The van der Waals surface area contributed by atoms with E-state index in [0.29, 0.717) is 30.0 Å². The van der Waals surface area contributed by atoms with Gasteiger partial charge in [0.2, 0.25) is 0 Å². The number of nitrogens with two attached hydrogens (primary N) is 1. The lowest BCUT2D eigenvalue weighted by molar-refractivity contribution is -0.567. The second kappa shape index (κ2) is 6.16. The van der Waals surface area contributed by atoms with Crippen LogP contribution in [0, 0.1) is 5.21 Å². The van der Waals surface area contributed by atoms with Gasteiger partial charge >= 0.3 is 6.03 Å². The Kier molecular flexibility index (Phi) is 4.29. The van der Waals surface area contributed by atoms with E-state index >= 15 is 0 Å². The van der Waals surface area contributed by atoms with Crippen LogP contribution < -0.4 is 11.2 Å². The van der Waals surface area contributed by atoms with Gasteiger partial charge in [0.1, 0.15) is 11.3 Å². The number of hydrogen-bond acceptors (Lipinski definition) is 6. The maximum atomic E-state index is 13.4. The van der Waals surface area contributed by atoms with Crippen molar-refractivity contribution in [3.8, 4) is 0 Å². The number of hydroxylamine groups is 3. The summed E-state index contributed by atoms with van der Waals surface area (Å²) in [6, 6.07) is 2.56. The Bertz CT molecular complexity index is 725. The van der Waals surface area contributed by atoms with Crippen LogP contribution in [0.2, 0.25) is 0 Å². The van der Waals surface area contributed by atoms with Crippen molar-refractivity contribution in [2.75, 3.05) is 0 Å². The summed E-state index contributed by atoms with van der Waals surface area (Å²) < 4.78 is 6.20. The molecule has 0 aromatic carbocycles. The molecule has 0 bridgehead atoms. The SMILES string of the molecule is CC1(C)C(c2ccco2)=[N+]([O-])C2(CCCCCC2=NNC(N)=O)N1O. The van der Waals surface area contributed by atoms with Crippen molar-refractivity contribution >= 4 is 17.5 Å². The molecule has 136 valence electrons. The summed E-state index contributed by atoms with van der Waals surface area (Å²) in [5.74, 6) is 0.391. The van der Waals surface area contributed by atoms with Crippen molar-refractivity contribution in [1.29, 1.82) is 0 Å². The lowest BCUT2D eigenvalue weighted by atomic mass is 9.94. The van der Waals surface area contributed by atoms with Crippen molar-refractivity contribution in [3.05, 3.63) is 29.4 Å². The number of amides is 2. The van der Waals surface area contributed by atoms with E-state index in [1.54, 1.807) is 26.0 Å². The number of rotatable bonds is 2. The van der Waals surface area contributed by atoms with Gasteiger partial charge in [0.25, 0.3) is 11.4 Å². The van der Waals surface area contributed by atoms with Crippen molar-refractivity contribution in [3.63, 3.8) is 0 Å². The molecule has 1 atom stereocenters. The van der Waals surface area contributed by atoms with Gasteiger partial charge in [-0.05, 0) is 45.2 Å². The van der Waals surface area contributed by atoms with Gasteiger partial charge in [0.05, 0.1) is 6.26 Å². The Labute approximate surface area is 145 Å². The van der Waals surface area contributed by atoms with Crippen LogP contribution in [-0.2, 0) is 0 Å². The van der Waals surface area contributed by atoms with E-state index in [1.807, 2.05) is 0 Å². The maximum Gasteiger partial charge on any atom is 0.332 e. The third kappa shape index (κ3) is 2.59. The molecule has 9 heteroatoms. The third-order valence-corrected chi connectivity index (χ3v) is 4.96. The third-order valence-electron chi connectivity index (χ3n) is 4.96. The average molecular weight is 349 g/mol. The zero-order chi connectivity index (χ0) is 18.2. The maximum absolute atomic E-state index is 13.4. The molecule has 1 fully saturated rings. The molecule has 1 saturated carbocycles. The molecule has 2 amide bonds. The van der Waals surface area contributed by atoms with Crippen LogP contribution in [0.1, 0.15) is 51.7 Å². The van der Waals surface area contributed by atoms with Gasteiger partial charge in [-0.3, -0.25) is 0 Å². The number of nitrogens with one attached hydrogen (secondary N) is 1. The predicted octanol–water partition coefficient (Wildman–Crippen LogP) is 1.75. The summed E-state index contributed by atoms with van der Waals surface area (Å²) in [6.45, 7) is 3.49. The van der Waals surface area contributed by atoms with Crippen molar-refractivity contribution in [2.45, 2.75) is 57.2 Å². The Morgan fingerprint density at radius 2 is 2.24 bits per heavy atom. The fourth-order valence-electron chi connectivity index (χ4n) is 3.80. The van der Waals surface area contributed by atoms with Crippen LogP contribution in [-0.4, -0.2) is 43.7 Å². The van der Waals surface area contributed by atoms with Crippen LogP contribution in [0.5, 0.6) is 0 Å². The molecule has 0 saturated heterocycles. The van der Waals surface area contributed by atoms with Gasteiger partial charge in [0, 0.05) is 6.42 Å². The summed E-state index contributed by atoms with van der Waals surface area (Å²) in [4.78, 5) is 11.1. The van der Waals surface area contributed by atoms with Gasteiger partial charge in [-0.2, -0.15) is 9.84 Å². The van der Waals surface area contributed by atoms with E-state index in [9.17, 15) is 15.2 Å². The minimum atomic E-state index is -1.40. The molecule has 1 spiro atoms. The van der Waals surface area contributed by atoms with Gasteiger partial charge in [-0.25, -0.2) is 10.2 Å². The first-order valence-electron chi connectivity index (χ1n) is 8.32. The molecule has 9 nitrogen and oxygen atoms in total. The number of carbonyl (C=O) groups is 1. The number of furan rings is 1. The Morgan fingerprint density at radius 1 is 1.48 bits per heavy atom. The quantitative estimate of drug-likeness (QED) is 0.425. The molecule has 3 rings (SSSR count). The number of carbonyl (C=O) groups excluding carboxylic acids is 1. The highest BCUT2D eigenvalue weighted by molar-refractivity contribution is 6.05. The minimum Gasteiger partial charge on any atom is -0.622 e. The first kappa shape index (κ1) is 17.4. The van der Waals surface area contributed by atoms with Crippen LogP contribution in [0.3, 0.4) is 0 Å². The molecular weight excluding hydrogens is 326 g/mol. The molecule has 1 unspecified atom stereocenters. The molecule has 1 aliphatic heterocycles. The van der Waals surface area contributed by atoms with Crippen LogP contribution in [0.25, 0.3) is 0 Å². The number of hydrogen-bond donors (Lipinski definition) is 3. The highest BCUT2D eigenvalue weighted by Crippen LogP contribution is 2.41. The Hall–Kier alpha value is -2.39. The molecule has 4 N–H and O–H groups in total. The summed E-state index contributed by atoms with van der Waals surface area (Å²) in [5.41, 5.74) is 5.62. The summed E-state index contributed by atoms with van der Waals surface area (Å²) in [7, 11) is 0. The molecule has 0 radical (unpaired) electrons. The first-order chi connectivity index (χ1) is 11.8. The zero-order valence-corrected chi connectivity index (χ0v) is 14.4. The smallest absolute Gasteiger partial charge is 0.332 e. The van der Waals surface area contributed by atoms with Crippen LogP contribution in [0.15, 0.2) is 27.9 Å². The second-order valence-corrected chi connectivity index (χ2v) is 6.90. The van der Waals surface area contributed by atoms with E-state index in [2.05, 4.69) is 10.5 Å². The fraction of sp³-hybridized carbons (Fsp3) is 0.562. The highest BCUT2D eigenvalue weighted by Gasteiger charge is 2.65. The second-order valence-electron chi connectivity index (χ2n) is 6.90. The summed E-state index contributed by atoms with van der Waals surface area (Å²) in [6.07, 6.45) is 4.77. The Balaban J connectivity index is 2.19. The van der Waals surface area contributed by atoms with Crippen LogP contribution >= 0.6 is 0 Å². The molecule has 2 heterocycles. The van der Waals surface area contributed by atoms with Crippen molar-refractivity contribution in [2.24, 2.45) is 10.8 Å². The molecule has 1 aromatic heterocycles. The van der Waals surface area contributed by atoms with E-state index < -0.39 is 17.2 Å². The zero-order valence-electron chi connectivity index (χ0n) is 14.4. The van der Waals surface area contributed by atoms with E-state index in [1.165, 1.54) is 6.26 Å². The van der Waals surface area contributed by atoms with Gasteiger partial charge in [-0.15, -0.1) is 5.06 Å². The molecular formula is C16H23N5O4. The summed E-state index contributed by atoms with van der Waals surface area (Å²) >= 11 is 0. The van der Waals surface area contributed by atoms with Crippen LogP contribution in [0.4, 0.5) is 4.79 Å². The molecule has 25 heavy (non-hydrogen) atoms. The van der Waals surface area contributed by atoms with Gasteiger partial charge in [-0.1, -0.05) is 6.42 Å². The lowest BCUT2D eigenvalue weighted by Crippen LogP contribution is -2.59. The van der Waals surface area contributed by atoms with Gasteiger partial charge < -0.3 is 20.6 Å². The van der Waals surface area contributed by atoms with E-state index in [0.717, 1.165) is 29.1 Å². The number of urea groups is 1. The number of nitrogens with zero attached hydrogens (tertiary/aromatic N) is 3. The van der Waals surface area contributed by atoms with Crippen molar-refractivity contribution < 1.29 is 19.2 Å². The topological polar surface area (TPSA) is 130 Å². The number of hydrazone groups is 1. The lowest BCUT2D eigenvalue weighted by Gasteiger charge is -2.35. The van der Waals surface area contributed by atoms with E-state index in [4.69, 9.17) is 10.2 Å². The van der Waals surface area contributed by atoms with Gasteiger partial charge in [0.15, 0.2) is 5.76 Å². The molecule has 1 aromatic rings. The predicted molar refractivity (Wildman–Crippen MR) is 90.1 cm³/mol. The monoisotopic (exact) mass is 349 g/mol. The van der Waals surface area contributed by atoms with Crippen molar-refractivity contribution in [1.82, 2.24) is 10.5 Å². The average Bonchev–Trinajstić information content (AvgIpc) is 3.02. The Morgan fingerprint density at radius 3 is 2.88 bits per heavy atom. The molecule has 1 aliphatic carbocycles. The highest BCUT2D eigenvalue weighted by atomic mass is 16.6. The van der Waals surface area contributed by atoms with E-state index in [-0.39, 0.29) is 0 Å². The minimum absolute atomic E-state index is 0.314.